The van der Waals surface area contributed by atoms with Crippen LogP contribution in [0.25, 0.3) is 61.3 Å². The lowest BCUT2D eigenvalue weighted by atomic mass is 9.85. The number of nitrogens with zero attached hydrogens (tertiary/aromatic N) is 8. The average Bonchev–Trinajstić information content (AvgIpc) is 1.69. The van der Waals surface area contributed by atoms with E-state index in [-0.39, 0.29) is 91.9 Å². The second-order valence-electron chi connectivity index (χ2n) is 36.1. The molecule has 20 rings (SSSR count). The van der Waals surface area contributed by atoms with Crippen molar-refractivity contribution in [2.45, 2.75) is 270 Å². The number of benzene rings is 6. The molecule has 6 aromatic carbocycles. The lowest BCUT2D eigenvalue weighted by Crippen LogP contribution is -2.27. The van der Waals surface area contributed by atoms with Crippen molar-refractivity contribution in [1.82, 2.24) is 39.9 Å². The molecular formula is C103H144Cl3FN14O6S12. The van der Waals surface area contributed by atoms with Gasteiger partial charge in [-0.25, -0.2) is 44.3 Å². The van der Waals surface area contributed by atoms with Gasteiger partial charge in [-0.15, -0.1) is 11.3 Å². The molecule has 0 bridgehead atoms. The third-order valence-electron chi connectivity index (χ3n) is 26.4. The fourth-order valence-corrected chi connectivity index (χ4v) is 24.9. The maximum atomic E-state index is 12.0. The first-order valence-corrected chi connectivity index (χ1v) is 53.8. The fraction of sp³-hybridized carbons (Fsp3) is 0.495. The van der Waals surface area contributed by atoms with Gasteiger partial charge in [0.15, 0.2) is 30.1 Å². The SMILES string of the molecule is COc1ccc2nc(Cl)sc2c1.COc1ccc2nc(N[C@@H](C)C3CCCCC3)sc2c1.COc1ccc2nc(N[C@@H](C)C3CCCCC3)sc2c1.C[C@H](N)C1CCCCC1.C[C@H](Nc1nc2ccc(O)cc2s1)C1CCCCC1.C[C@H](Nc1nc2ccc(O)cc2s1)C1CCCCC1.C[C@H](Nc1nc2ccc(Oc3ccnc(Cl)c3)cc2s1)C1CCCCC1.Fc1ccnc(Cl)c1.S.S.S.S.S.S. The maximum Gasteiger partial charge on any atom is 0.184 e. The second kappa shape index (κ2) is 61.8. The molecule has 6 saturated carbocycles. The third kappa shape index (κ3) is 37.9. The van der Waals surface area contributed by atoms with Crippen LogP contribution in [0.15, 0.2) is 146 Å². The van der Waals surface area contributed by atoms with Crippen LogP contribution in [0.5, 0.6) is 40.2 Å². The minimum absolute atomic E-state index is 0. The quantitative estimate of drug-likeness (QED) is 0.0311. The molecule has 8 aromatic heterocycles. The molecule has 139 heavy (non-hydrogen) atoms. The maximum absolute atomic E-state index is 12.0. The lowest BCUT2D eigenvalue weighted by Gasteiger charge is -2.28. The van der Waals surface area contributed by atoms with E-state index in [1.807, 2.05) is 72.8 Å². The van der Waals surface area contributed by atoms with Gasteiger partial charge in [-0.1, -0.05) is 207 Å². The Bertz CT molecular complexity index is 5660. The summed E-state index contributed by atoms with van der Waals surface area (Å²) < 4.78 is 40.7. The predicted octanol–water partition coefficient (Wildman–Crippen LogP) is 32.1. The van der Waals surface area contributed by atoms with Crippen LogP contribution in [-0.4, -0.2) is 108 Å². The normalized spacial score (nSPS) is 16.5. The number of fused-ring (bicyclic) bond motifs is 6. The molecule has 0 radical (unpaired) electrons. The second-order valence-corrected chi connectivity index (χ2v) is 43.7. The number of aromatic nitrogens is 8. The van der Waals surface area contributed by atoms with E-state index in [0.717, 1.165) is 142 Å². The number of halogens is 4. The van der Waals surface area contributed by atoms with Crippen molar-refractivity contribution in [2.75, 3.05) is 47.9 Å². The Labute approximate surface area is 902 Å². The number of anilines is 5. The summed E-state index contributed by atoms with van der Waals surface area (Å²) >= 11 is 26.8. The van der Waals surface area contributed by atoms with Crippen LogP contribution in [0, 0.1) is 41.3 Å². The highest BCUT2D eigenvalue weighted by molar-refractivity contribution is 7.60. The summed E-state index contributed by atoms with van der Waals surface area (Å²) in [5.74, 6) is 9.07. The van der Waals surface area contributed by atoms with Crippen LogP contribution < -0.4 is 51.3 Å². The smallest absolute Gasteiger partial charge is 0.184 e. The Hall–Kier alpha value is -6.38. The summed E-state index contributed by atoms with van der Waals surface area (Å²) in [6.07, 6.45) is 44.0. The zero-order chi connectivity index (χ0) is 93.5. The molecule has 6 atom stereocenters. The monoisotopic (exact) mass is 2180 g/mol. The van der Waals surface area contributed by atoms with Crippen LogP contribution in [-0.2, 0) is 0 Å². The lowest BCUT2D eigenvalue weighted by molar-refractivity contribution is 0.316. The average molecular weight is 2180 g/mol. The van der Waals surface area contributed by atoms with E-state index in [0.29, 0.717) is 63.1 Å². The summed E-state index contributed by atoms with van der Waals surface area (Å²) in [6, 6.07) is 43.2. The van der Waals surface area contributed by atoms with Crippen LogP contribution >= 0.6 is 184 Å². The molecule has 36 heteroatoms. The van der Waals surface area contributed by atoms with E-state index in [1.54, 1.807) is 121 Å². The number of phenolic OH excluding ortho intramolecular Hbond substituents is 2. The molecule has 0 unspecified atom stereocenters. The molecule has 14 aromatic rings. The highest BCUT2D eigenvalue weighted by Gasteiger charge is 2.27. The Balaban J connectivity index is 0.000000219. The predicted molar refractivity (Wildman–Crippen MR) is 625 cm³/mol. The Morgan fingerprint density at radius 3 is 0.820 bits per heavy atom. The minimum Gasteiger partial charge on any atom is -0.508 e. The largest absolute Gasteiger partial charge is 0.508 e. The first-order valence-electron chi connectivity index (χ1n) is 47.8. The van der Waals surface area contributed by atoms with Gasteiger partial charge in [0.05, 0.1) is 82.6 Å². The topological polar surface area (TPSA) is 267 Å². The van der Waals surface area contributed by atoms with E-state index in [1.165, 1.54) is 226 Å². The molecule has 6 fully saturated rings. The molecule has 0 aliphatic heterocycles. The standard InChI is InChI=1S/C20H22ClN3OS.2C16H22N2OS.2C15H20N2OS.C8H6ClNOS.C8H17N.C5H3ClFN.6H2S/c1-13(14-5-3-2-4-6-14)23-20-24-17-8-7-15(11-18(17)26-20)25-16-9-10-22-19(21)12-16;2*1-11(12-6-4-3-5-7-12)17-16-18-14-9-8-13(19-2)10-15(14)20-16;2*1-10(11-5-3-2-4-6-11)16-15-17-13-8-7-12(18)9-14(13)19-15;1-11-5-2-3-6-7(4-5)12-8(9)10-6;1-7(9)8-5-3-2-4-6-8;6-5-3-4(7)1-2-8-5;;;;;;/h7-14H,2-6H2,1H3,(H,23,24);2*8-12H,3-7H2,1-2H3,(H,17,18);2*7-11,18H,2-6H2,1H3,(H,16,17);2-4H,1H3;7-8H,2-6,9H2,1H3;1-3H;6*1H2/t13-;2*11-;2*10-;;7-;;;;;;;/m00000.0......./s1. The minimum atomic E-state index is -0.356. The molecule has 0 spiro atoms. The van der Waals surface area contributed by atoms with E-state index >= 15 is 0 Å². The molecule has 8 heterocycles. The van der Waals surface area contributed by atoms with Gasteiger partial charge in [0.1, 0.15) is 56.4 Å². The zero-order valence-electron chi connectivity index (χ0n) is 81.1. The van der Waals surface area contributed by atoms with Gasteiger partial charge in [0, 0.05) is 66.8 Å². The molecule has 0 amide bonds. The molecular weight excluding hydrogens is 2040 g/mol. The molecule has 0 saturated heterocycles. The number of hydrogen-bond acceptors (Lipinski definition) is 26. The van der Waals surface area contributed by atoms with Gasteiger partial charge in [0.25, 0.3) is 0 Å². The number of nitrogens with one attached hydrogen (secondary N) is 5. The van der Waals surface area contributed by atoms with E-state index in [4.69, 9.17) is 64.5 Å². The van der Waals surface area contributed by atoms with Crippen molar-refractivity contribution in [2.24, 2.45) is 41.2 Å². The molecule has 20 nitrogen and oxygen atoms in total. The summed E-state index contributed by atoms with van der Waals surface area (Å²) in [4.78, 5) is 34.9. The van der Waals surface area contributed by atoms with Crippen molar-refractivity contribution in [3.63, 3.8) is 0 Å². The van der Waals surface area contributed by atoms with Crippen molar-refractivity contribution in [3.8, 4) is 40.2 Å². The van der Waals surface area contributed by atoms with Crippen molar-refractivity contribution < 1.29 is 33.6 Å². The Morgan fingerprint density at radius 2 is 0.554 bits per heavy atom. The number of thiazole rings is 6. The summed E-state index contributed by atoms with van der Waals surface area (Å²) in [5, 5.41) is 42.5. The Morgan fingerprint density at radius 1 is 0.309 bits per heavy atom. The summed E-state index contributed by atoms with van der Waals surface area (Å²) in [7, 11) is 5.04. The number of aromatic hydroxyl groups is 2. The highest BCUT2D eigenvalue weighted by atomic mass is 35.5. The van der Waals surface area contributed by atoms with Crippen molar-refractivity contribution >= 4 is 271 Å². The van der Waals surface area contributed by atoms with Gasteiger partial charge in [0.2, 0.25) is 0 Å². The fourth-order valence-electron chi connectivity index (χ4n) is 18.5. The Kier molecular flexibility index (Phi) is 53.2. The van der Waals surface area contributed by atoms with E-state index in [9.17, 15) is 14.6 Å². The first kappa shape index (κ1) is 120. The molecule has 6 aliphatic rings. The number of pyridine rings is 2. The van der Waals surface area contributed by atoms with E-state index < -0.39 is 0 Å². The van der Waals surface area contributed by atoms with Gasteiger partial charge < -0.3 is 61.5 Å². The van der Waals surface area contributed by atoms with Crippen LogP contribution in [0.4, 0.5) is 30.0 Å². The molecule has 9 N–H and O–H groups in total. The van der Waals surface area contributed by atoms with Crippen LogP contribution in [0.3, 0.4) is 0 Å². The van der Waals surface area contributed by atoms with Crippen LogP contribution in [0.1, 0.15) is 234 Å². The first-order chi connectivity index (χ1) is 64.5. The van der Waals surface area contributed by atoms with Crippen molar-refractivity contribution in [3.05, 3.63) is 166 Å². The number of phenols is 2. The number of ether oxygens (including phenoxy) is 4. The third-order valence-corrected chi connectivity index (χ3v) is 32.7. The van der Waals surface area contributed by atoms with Gasteiger partial charge in [-0.3, -0.25) is 0 Å². The number of methoxy groups -OCH3 is 3. The van der Waals surface area contributed by atoms with Crippen molar-refractivity contribution in [1.29, 1.82) is 0 Å². The van der Waals surface area contributed by atoms with E-state index in [2.05, 4.69) is 115 Å². The van der Waals surface area contributed by atoms with Gasteiger partial charge in [-0.2, -0.15) is 81.0 Å². The highest BCUT2D eigenvalue weighted by Crippen LogP contribution is 2.41. The molecule has 6 aliphatic carbocycles. The van der Waals surface area contributed by atoms with Gasteiger partial charge >= 0.3 is 0 Å². The zero-order valence-corrected chi connectivity index (χ0v) is 94.3. The van der Waals surface area contributed by atoms with Gasteiger partial charge in [-0.05, 0) is 269 Å². The number of rotatable bonds is 21. The number of hydrogen-bond donors (Lipinski definition) is 8. The summed E-state index contributed by atoms with van der Waals surface area (Å²) in [6.45, 7) is 13.5. The number of nitrogens with two attached hydrogens (primary N) is 1. The van der Waals surface area contributed by atoms with Crippen LogP contribution in [0.2, 0.25) is 14.8 Å². The summed E-state index contributed by atoms with van der Waals surface area (Å²) in [5.41, 5.74) is 11.7. The molecule has 762 valence electrons.